The molecule has 4 aliphatic rings. The van der Waals surface area contributed by atoms with Crippen molar-refractivity contribution in [3.63, 3.8) is 0 Å². The lowest BCUT2D eigenvalue weighted by Crippen LogP contribution is -2.44. The van der Waals surface area contributed by atoms with Gasteiger partial charge in [0.2, 0.25) is 5.75 Å². The highest BCUT2D eigenvalue weighted by Gasteiger charge is 2.51. The molecule has 1 saturated carbocycles. The van der Waals surface area contributed by atoms with E-state index in [1.54, 1.807) is 19.3 Å². The van der Waals surface area contributed by atoms with Crippen molar-refractivity contribution in [3.05, 3.63) is 45.8 Å². The number of nitrogens with one attached hydrogen (secondary N) is 2. The molecule has 200 valence electrons. The van der Waals surface area contributed by atoms with Gasteiger partial charge in [-0.05, 0) is 49.8 Å². The zero-order chi connectivity index (χ0) is 26.2. The van der Waals surface area contributed by atoms with Gasteiger partial charge in [-0.2, -0.15) is 0 Å². The molecule has 7 rings (SSSR count). The summed E-state index contributed by atoms with van der Waals surface area (Å²) < 4.78 is 42.7. The molecule has 3 atom stereocenters. The first-order chi connectivity index (χ1) is 18.3. The van der Waals surface area contributed by atoms with Crippen LogP contribution in [0.2, 0.25) is 5.02 Å². The van der Waals surface area contributed by atoms with Crippen LogP contribution in [0.3, 0.4) is 0 Å². The number of aryl methyl sites for hydroxylation is 1. The van der Waals surface area contributed by atoms with Crippen molar-refractivity contribution < 1.29 is 18.3 Å². The van der Waals surface area contributed by atoms with Gasteiger partial charge < -0.3 is 29.6 Å². The largest absolute Gasteiger partial charge is 0.480 e. The number of morpholine rings is 1. The molecule has 3 aliphatic heterocycles. The predicted molar refractivity (Wildman–Crippen MR) is 142 cm³/mol. The Kier molecular flexibility index (Phi) is 5.49. The van der Waals surface area contributed by atoms with E-state index in [4.69, 9.17) is 21.1 Å². The lowest BCUT2D eigenvalue weighted by Gasteiger charge is -2.33. The lowest BCUT2D eigenvalue weighted by atomic mass is 10.0. The van der Waals surface area contributed by atoms with Crippen molar-refractivity contribution in [1.82, 2.24) is 9.55 Å². The Hall–Kier alpha value is -3.11. The van der Waals surface area contributed by atoms with Gasteiger partial charge in [0.15, 0.2) is 6.61 Å². The molecule has 0 radical (unpaired) electrons. The van der Waals surface area contributed by atoms with E-state index in [0.29, 0.717) is 33.0 Å². The third kappa shape index (κ3) is 4.05. The van der Waals surface area contributed by atoms with Gasteiger partial charge in [0.05, 0.1) is 46.4 Å². The number of nitrogens with zero attached hydrogens (tertiary/aromatic N) is 3. The fourth-order valence-corrected chi connectivity index (χ4v) is 6.09. The van der Waals surface area contributed by atoms with Crippen LogP contribution in [0.5, 0.6) is 5.75 Å². The van der Waals surface area contributed by atoms with E-state index >= 15 is 0 Å². The fraction of sp³-hybridized carbons (Fsp3) is 0.481. The van der Waals surface area contributed by atoms with Crippen LogP contribution in [-0.4, -0.2) is 53.4 Å². The van der Waals surface area contributed by atoms with Gasteiger partial charge in [-0.15, -0.1) is 0 Å². The van der Waals surface area contributed by atoms with Crippen LogP contribution in [0.1, 0.15) is 25.7 Å². The van der Waals surface area contributed by atoms with E-state index in [1.807, 2.05) is 18.2 Å². The highest BCUT2D eigenvalue weighted by molar-refractivity contribution is 6.33. The Balaban J connectivity index is 1.26. The number of pyridine rings is 2. The smallest absolute Gasteiger partial charge is 0.301 e. The SMILES string of the molecule is Cn1c(=O)c2c(c3cc(Nc4cc(N5C[C@H]6CC[C@@H](C5)O6)ncc4Cl)ccc31)NC(C1CC1)C(F)(F)CO2. The summed E-state index contributed by atoms with van der Waals surface area (Å²) in [7, 11) is 1.62. The summed E-state index contributed by atoms with van der Waals surface area (Å²) in [5, 5.41) is 7.46. The molecule has 11 heteroatoms. The Morgan fingerprint density at radius 2 is 1.92 bits per heavy atom. The van der Waals surface area contributed by atoms with Crippen molar-refractivity contribution in [1.29, 1.82) is 0 Å². The average Bonchev–Trinajstić information content (AvgIpc) is 3.69. The van der Waals surface area contributed by atoms with Crippen LogP contribution in [0, 0.1) is 5.92 Å². The number of hydrogen-bond acceptors (Lipinski definition) is 7. The highest BCUT2D eigenvalue weighted by Crippen LogP contribution is 2.45. The molecule has 2 bridgehead atoms. The maximum absolute atomic E-state index is 14.9. The van der Waals surface area contributed by atoms with E-state index in [0.717, 1.165) is 44.6 Å². The van der Waals surface area contributed by atoms with Gasteiger partial charge in [-0.3, -0.25) is 4.79 Å². The zero-order valence-electron chi connectivity index (χ0n) is 20.8. The van der Waals surface area contributed by atoms with Crippen molar-refractivity contribution in [2.45, 2.75) is 49.9 Å². The second-order valence-electron chi connectivity index (χ2n) is 10.8. The second-order valence-corrected chi connectivity index (χ2v) is 11.2. The first-order valence-electron chi connectivity index (χ1n) is 13.0. The Labute approximate surface area is 222 Å². The molecule has 2 aromatic heterocycles. The number of rotatable bonds is 4. The molecule has 38 heavy (non-hydrogen) atoms. The average molecular weight is 544 g/mol. The maximum Gasteiger partial charge on any atom is 0.301 e. The summed E-state index contributed by atoms with van der Waals surface area (Å²) in [5.74, 6) is -2.50. The number of fused-ring (bicyclic) bond motifs is 5. The maximum atomic E-state index is 14.9. The van der Waals surface area contributed by atoms with Crippen LogP contribution in [-0.2, 0) is 11.8 Å². The number of halogens is 3. The topological polar surface area (TPSA) is 80.7 Å². The normalized spacial score (nSPS) is 25.9. The number of anilines is 4. The minimum Gasteiger partial charge on any atom is -0.480 e. The van der Waals surface area contributed by atoms with Gasteiger partial charge in [-0.1, -0.05) is 11.6 Å². The third-order valence-electron chi connectivity index (χ3n) is 8.10. The molecule has 0 amide bonds. The van der Waals surface area contributed by atoms with Crippen LogP contribution in [0.15, 0.2) is 35.3 Å². The van der Waals surface area contributed by atoms with Gasteiger partial charge in [-0.25, -0.2) is 13.8 Å². The standard InChI is InChI=1S/C27H28ClF2N5O3/c1-34-21-7-4-15(32-20-9-22(31-10-19(20)28)35-11-16-5-6-17(12-35)38-16)8-18(21)23-24(26(34)36)37-13-27(29,30)25(33-23)14-2-3-14/h4,7-10,14,16-17,25,33H,2-3,5-6,11-13H2,1H3,(H,31,32)/t16-,17+,25?. The molecule has 2 N–H and O–H groups in total. The van der Waals surface area contributed by atoms with Gasteiger partial charge >= 0.3 is 5.92 Å². The van der Waals surface area contributed by atoms with E-state index in [1.165, 1.54) is 4.57 Å². The Morgan fingerprint density at radius 1 is 1.16 bits per heavy atom. The first-order valence-corrected chi connectivity index (χ1v) is 13.4. The molecule has 5 heterocycles. The van der Waals surface area contributed by atoms with Crippen molar-refractivity contribution in [2.75, 3.05) is 35.2 Å². The molecule has 3 fully saturated rings. The first kappa shape index (κ1) is 24.0. The minimum absolute atomic E-state index is 0.0776. The summed E-state index contributed by atoms with van der Waals surface area (Å²) >= 11 is 6.52. The fourth-order valence-electron chi connectivity index (χ4n) is 5.94. The van der Waals surface area contributed by atoms with Gasteiger partial charge in [0, 0.05) is 37.3 Å². The number of aromatic nitrogens is 2. The molecule has 3 aromatic rings. The van der Waals surface area contributed by atoms with Crippen LogP contribution in [0.4, 0.5) is 31.7 Å². The van der Waals surface area contributed by atoms with Crippen LogP contribution >= 0.6 is 11.6 Å². The molecular weight excluding hydrogens is 516 g/mol. The Bertz CT molecular complexity index is 1480. The van der Waals surface area contributed by atoms with Gasteiger partial charge in [0.1, 0.15) is 5.82 Å². The van der Waals surface area contributed by atoms with E-state index in [2.05, 4.69) is 20.5 Å². The number of ether oxygens (including phenoxy) is 2. The van der Waals surface area contributed by atoms with Crippen molar-refractivity contribution in [2.24, 2.45) is 13.0 Å². The van der Waals surface area contributed by atoms with E-state index in [-0.39, 0.29) is 23.9 Å². The molecular formula is C27H28ClF2N5O3. The second kappa shape index (κ2) is 8.71. The van der Waals surface area contributed by atoms with E-state index < -0.39 is 24.1 Å². The summed E-state index contributed by atoms with van der Waals surface area (Å²) in [6.45, 7) is 0.754. The quantitative estimate of drug-likeness (QED) is 0.483. The molecule has 8 nitrogen and oxygen atoms in total. The Morgan fingerprint density at radius 3 is 2.66 bits per heavy atom. The molecule has 1 aliphatic carbocycles. The van der Waals surface area contributed by atoms with E-state index in [9.17, 15) is 13.6 Å². The van der Waals surface area contributed by atoms with Crippen LogP contribution in [0.25, 0.3) is 10.9 Å². The molecule has 0 spiro atoms. The summed E-state index contributed by atoms with van der Waals surface area (Å²) in [5.41, 5.74) is 1.85. The number of benzene rings is 1. The predicted octanol–water partition coefficient (Wildman–Crippen LogP) is 4.92. The number of hydrogen-bond donors (Lipinski definition) is 2. The molecule has 1 unspecified atom stereocenters. The third-order valence-corrected chi connectivity index (χ3v) is 8.40. The lowest BCUT2D eigenvalue weighted by molar-refractivity contribution is -0.0579. The van der Waals surface area contributed by atoms with Crippen molar-refractivity contribution >= 4 is 45.4 Å². The molecule has 2 saturated heterocycles. The van der Waals surface area contributed by atoms with Gasteiger partial charge in [0.25, 0.3) is 5.56 Å². The highest BCUT2D eigenvalue weighted by atomic mass is 35.5. The zero-order valence-corrected chi connectivity index (χ0v) is 21.6. The summed E-state index contributed by atoms with van der Waals surface area (Å²) in [4.78, 5) is 19.8. The number of alkyl halides is 2. The minimum atomic E-state index is -3.09. The molecule has 1 aromatic carbocycles. The monoisotopic (exact) mass is 543 g/mol. The summed E-state index contributed by atoms with van der Waals surface area (Å²) in [6, 6.07) is 6.30. The van der Waals surface area contributed by atoms with Crippen molar-refractivity contribution in [3.8, 4) is 5.75 Å². The van der Waals surface area contributed by atoms with Crippen LogP contribution < -0.4 is 25.8 Å². The summed E-state index contributed by atoms with van der Waals surface area (Å²) in [6.07, 6.45) is 5.67.